The Morgan fingerprint density at radius 3 is 2.41 bits per heavy atom. The van der Waals surface area contributed by atoms with E-state index in [0.29, 0.717) is 47.5 Å². The molecular weight excluding hydrogens is 374 g/mol. The van der Waals surface area contributed by atoms with Crippen molar-refractivity contribution in [3.63, 3.8) is 0 Å². The van der Waals surface area contributed by atoms with Crippen LogP contribution >= 0.6 is 0 Å². The Kier molecular flexibility index (Phi) is 6.33. The molecule has 1 amide bonds. The second-order valence-corrected chi connectivity index (χ2v) is 6.30. The van der Waals surface area contributed by atoms with Gasteiger partial charge in [-0.3, -0.25) is 4.79 Å². The molecule has 0 atom stereocenters. The summed E-state index contributed by atoms with van der Waals surface area (Å²) in [5.41, 5.74) is 2.40. The molecule has 1 aromatic heterocycles. The highest BCUT2D eigenvalue weighted by Crippen LogP contribution is 2.38. The van der Waals surface area contributed by atoms with Gasteiger partial charge in [-0.2, -0.15) is 4.98 Å². The van der Waals surface area contributed by atoms with Crippen molar-refractivity contribution in [3.8, 4) is 28.6 Å². The molecule has 0 aliphatic carbocycles. The van der Waals surface area contributed by atoms with Gasteiger partial charge in [0.05, 0.1) is 21.3 Å². The maximum atomic E-state index is 12.5. The van der Waals surface area contributed by atoms with Crippen molar-refractivity contribution in [2.75, 3.05) is 27.9 Å². The summed E-state index contributed by atoms with van der Waals surface area (Å²) in [5.74, 6) is 1.96. The smallest absolute Gasteiger partial charge is 0.251 e. The fraction of sp³-hybridized carbons (Fsp3) is 0.286. The zero-order chi connectivity index (χ0) is 20.8. The highest BCUT2D eigenvalue weighted by molar-refractivity contribution is 5.95. The number of ether oxygens (including phenoxy) is 3. The molecule has 0 aliphatic heterocycles. The van der Waals surface area contributed by atoms with E-state index in [1.807, 2.05) is 31.2 Å². The minimum Gasteiger partial charge on any atom is -0.493 e. The van der Waals surface area contributed by atoms with E-state index >= 15 is 0 Å². The maximum absolute atomic E-state index is 12.5. The number of hydrogen-bond acceptors (Lipinski definition) is 7. The number of nitrogens with zero attached hydrogens (tertiary/aromatic N) is 2. The summed E-state index contributed by atoms with van der Waals surface area (Å²) in [6, 6.07) is 11.1. The molecule has 8 nitrogen and oxygen atoms in total. The highest BCUT2D eigenvalue weighted by Gasteiger charge is 2.17. The molecule has 3 rings (SSSR count). The molecule has 0 spiro atoms. The van der Waals surface area contributed by atoms with Gasteiger partial charge in [-0.25, -0.2) is 0 Å². The van der Waals surface area contributed by atoms with E-state index in [4.69, 9.17) is 18.7 Å². The van der Waals surface area contributed by atoms with E-state index in [1.165, 1.54) is 21.3 Å². The highest BCUT2D eigenvalue weighted by atomic mass is 16.5. The summed E-state index contributed by atoms with van der Waals surface area (Å²) >= 11 is 0. The number of aryl methyl sites for hydroxylation is 1. The third-order valence-electron chi connectivity index (χ3n) is 4.30. The second kappa shape index (κ2) is 9.09. The van der Waals surface area contributed by atoms with Gasteiger partial charge in [0.2, 0.25) is 17.5 Å². The Bertz CT molecular complexity index is 974. The lowest BCUT2D eigenvalue weighted by atomic mass is 10.1. The van der Waals surface area contributed by atoms with Crippen molar-refractivity contribution in [3.05, 3.63) is 53.4 Å². The van der Waals surface area contributed by atoms with Gasteiger partial charge in [0.15, 0.2) is 11.5 Å². The molecule has 29 heavy (non-hydrogen) atoms. The molecule has 3 aromatic rings. The Labute approximate surface area is 168 Å². The third kappa shape index (κ3) is 4.66. The van der Waals surface area contributed by atoms with Crippen LogP contribution < -0.4 is 19.5 Å². The molecule has 8 heteroatoms. The number of methoxy groups -OCH3 is 3. The van der Waals surface area contributed by atoms with Crippen LogP contribution in [0.1, 0.15) is 21.8 Å². The molecule has 0 bridgehead atoms. The molecule has 0 fully saturated rings. The van der Waals surface area contributed by atoms with E-state index < -0.39 is 0 Å². The fourth-order valence-electron chi connectivity index (χ4n) is 2.86. The molecule has 2 aromatic carbocycles. The summed E-state index contributed by atoms with van der Waals surface area (Å²) in [5, 5.41) is 6.83. The zero-order valence-electron chi connectivity index (χ0n) is 16.8. The third-order valence-corrected chi connectivity index (χ3v) is 4.30. The Morgan fingerprint density at radius 2 is 1.79 bits per heavy atom. The summed E-state index contributed by atoms with van der Waals surface area (Å²) in [4.78, 5) is 16.9. The summed E-state index contributed by atoms with van der Waals surface area (Å²) in [6.45, 7) is 2.34. The number of rotatable bonds is 8. The maximum Gasteiger partial charge on any atom is 0.251 e. The summed E-state index contributed by atoms with van der Waals surface area (Å²) in [6.07, 6.45) is 0.412. The first-order valence-corrected chi connectivity index (χ1v) is 9.03. The molecule has 0 radical (unpaired) electrons. The lowest BCUT2D eigenvalue weighted by Crippen LogP contribution is -2.25. The molecular formula is C21H23N3O5. The molecule has 0 saturated carbocycles. The Hall–Kier alpha value is -3.55. The van der Waals surface area contributed by atoms with Crippen molar-refractivity contribution in [1.29, 1.82) is 0 Å². The molecule has 1 heterocycles. The van der Waals surface area contributed by atoms with Crippen molar-refractivity contribution in [2.24, 2.45) is 0 Å². The SMILES string of the molecule is COc1cc(C(=O)NCCc2nc(-c3cccc(C)c3)no2)cc(OC)c1OC. The van der Waals surface area contributed by atoms with Crippen LogP contribution in [0.5, 0.6) is 17.2 Å². The van der Waals surface area contributed by atoms with Crippen LogP contribution in [0, 0.1) is 6.92 Å². The number of aromatic nitrogens is 2. The van der Waals surface area contributed by atoms with Crippen LogP contribution in [0.2, 0.25) is 0 Å². The van der Waals surface area contributed by atoms with Crippen LogP contribution in [0.3, 0.4) is 0 Å². The quantitative estimate of drug-likeness (QED) is 0.624. The van der Waals surface area contributed by atoms with Crippen molar-refractivity contribution >= 4 is 5.91 Å². The van der Waals surface area contributed by atoms with Gasteiger partial charge in [0.25, 0.3) is 5.91 Å². The van der Waals surface area contributed by atoms with Crippen molar-refractivity contribution in [1.82, 2.24) is 15.5 Å². The molecule has 1 N–H and O–H groups in total. The first-order chi connectivity index (χ1) is 14.0. The van der Waals surface area contributed by atoms with Gasteiger partial charge in [-0.1, -0.05) is 28.9 Å². The Morgan fingerprint density at radius 1 is 1.07 bits per heavy atom. The average molecular weight is 397 g/mol. The van der Waals surface area contributed by atoms with Gasteiger partial charge >= 0.3 is 0 Å². The average Bonchev–Trinajstić information content (AvgIpc) is 3.21. The number of carbonyl (C=O) groups excluding carboxylic acids is 1. The predicted molar refractivity (Wildman–Crippen MR) is 107 cm³/mol. The van der Waals surface area contributed by atoms with Gasteiger partial charge in [-0.15, -0.1) is 0 Å². The minimum absolute atomic E-state index is 0.275. The lowest BCUT2D eigenvalue weighted by Gasteiger charge is -2.14. The monoisotopic (exact) mass is 397 g/mol. The number of amides is 1. The number of carbonyl (C=O) groups is 1. The topological polar surface area (TPSA) is 95.7 Å². The van der Waals surface area contributed by atoms with Gasteiger partial charge in [-0.05, 0) is 25.1 Å². The lowest BCUT2D eigenvalue weighted by molar-refractivity contribution is 0.0952. The van der Waals surface area contributed by atoms with Crippen LogP contribution in [0.25, 0.3) is 11.4 Å². The summed E-state index contributed by atoms with van der Waals surface area (Å²) < 4.78 is 21.1. The number of hydrogen-bond donors (Lipinski definition) is 1. The van der Waals surface area contributed by atoms with E-state index in [2.05, 4.69) is 15.5 Å². The van der Waals surface area contributed by atoms with E-state index in [0.717, 1.165) is 11.1 Å². The first kappa shape index (κ1) is 20.2. The van der Waals surface area contributed by atoms with Crippen LogP contribution in [0.15, 0.2) is 40.9 Å². The molecule has 0 aliphatic rings. The van der Waals surface area contributed by atoms with Crippen molar-refractivity contribution in [2.45, 2.75) is 13.3 Å². The van der Waals surface area contributed by atoms with Gasteiger partial charge < -0.3 is 24.1 Å². The zero-order valence-corrected chi connectivity index (χ0v) is 16.8. The fourth-order valence-corrected chi connectivity index (χ4v) is 2.86. The minimum atomic E-state index is -0.275. The predicted octanol–water partition coefficient (Wildman–Crippen LogP) is 3.04. The molecule has 0 unspecified atom stereocenters. The largest absolute Gasteiger partial charge is 0.493 e. The molecule has 0 saturated heterocycles. The van der Waals surface area contributed by atoms with Crippen LogP contribution in [-0.4, -0.2) is 43.9 Å². The Balaban J connectivity index is 1.63. The second-order valence-electron chi connectivity index (χ2n) is 6.30. The normalized spacial score (nSPS) is 10.5. The van der Waals surface area contributed by atoms with E-state index in [-0.39, 0.29) is 5.91 Å². The van der Waals surface area contributed by atoms with Crippen LogP contribution in [0.4, 0.5) is 0 Å². The van der Waals surface area contributed by atoms with E-state index in [9.17, 15) is 4.79 Å². The van der Waals surface area contributed by atoms with Crippen molar-refractivity contribution < 1.29 is 23.5 Å². The van der Waals surface area contributed by atoms with Gasteiger partial charge in [0.1, 0.15) is 0 Å². The molecule has 152 valence electrons. The van der Waals surface area contributed by atoms with E-state index in [1.54, 1.807) is 12.1 Å². The number of nitrogens with one attached hydrogen (secondary N) is 1. The number of benzene rings is 2. The first-order valence-electron chi connectivity index (χ1n) is 9.03. The summed E-state index contributed by atoms with van der Waals surface area (Å²) in [7, 11) is 4.51. The van der Waals surface area contributed by atoms with Gasteiger partial charge in [0, 0.05) is 24.1 Å². The van der Waals surface area contributed by atoms with Crippen LogP contribution in [-0.2, 0) is 6.42 Å². The standard InChI is InChI=1S/C21H23N3O5/c1-13-6-5-7-14(10-13)20-23-18(29-24-20)8-9-22-21(25)15-11-16(26-2)19(28-4)17(12-15)27-3/h5-7,10-12H,8-9H2,1-4H3,(H,22,25).